The Balaban J connectivity index is 2.50. The molecule has 1 N–H and O–H groups in total. The van der Waals surface area contributed by atoms with Crippen molar-refractivity contribution in [3.05, 3.63) is 42.1 Å². The standard InChI is InChI=1S/C14H17N3O/c1-10(18)12-9-15-13(16-14(12)17(2)3)11-7-5-4-6-8-11/h4-10,18H,1-3H3/t10-/m0/s1. The van der Waals surface area contributed by atoms with Crippen LogP contribution < -0.4 is 4.90 Å². The summed E-state index contributed by atoms with van der Waals surface area (Å²) >= 11 is 0. The molecule has 0 bridgehead atoms. The van der Waals surface area contributed by atoms with E-state index in [2.05, 4.69) is 9.97 Å². The molecule has 2 rings (SSSR count). The fourth-order valence-electron chi connectivity index (χ4n) is 1.76. The molecule has 18 heavy (non-hydrogen) atoms. The number of aliphatic hydroxyl groups excluding tert-OH is 1. The summed E-state index contributed by atoms with van der Waals surface area (Å²) in [6.07, 6.45) is 1.11. The zero-order valence-electron chi connectivity index (χ0n) is 10.8. The molecule has 0 spiro atoms. The minimum Gasteiger partial charge on any atom is -0.389 e. The Kier molecular flexibility index (Phi) is 3.58. The number of aliphatic hydroxyl groups is 1. The molecule has 0 aliphatic carbocycles. The van der Waals surface area contributed by atoms with Crippen molar-refractivity contribution < 1.29 is 5.11 Å². The number of aromatic nitrogens is 2. The van der Waals surface area contributed by atoms with Crippen molar-refractivity contribution in [2.24, 2.45) is 0 Å². The molecular formula is C14H17N3O. The van der Waals surface area contributed by atoms with Crippen molar-refractivity contribution in [1.29, 1.82) is 0 Å². The van der Waals surface area contributed by atoms with Crippen LogP contribution in [0.1, 0.15) is 18.6 Å². The van der Waals surface area contributed by atoms with E-state index in [1.807, 2.05) is 49.3 Å². The van der Waals surface area contributed by atoms with Crippen molar-refractivity contribution in [3.8, 4) is 11.4 Å². The van der Waals surface area contributed by atoms with E-state index in [0.29, 0.717) is 5.82 Å². The van der Waals surface area contributed by atoms with E-state index in [9.17, 15) is 5.11 Å². The van der Waals surface area contributed by atoms with E-state index in [1.54, 1.807) is 13.1 Å². The molecule has 0 aliphatic rings. The van der Waals surface area contributed by atoms with Crippen LogP contribution in [0, 0.1) is 0 Å². The van der Waals surface area contributed by atoms with Gasteiger partial charge < -0.3 is 10.0 Å². The van der Waals surface area contributed by atoms with Crippen LogP contribution in [-0.4, -0.2) is 29.2 Å². The van der Waals surface area contributed by atoms with E-state index >= 15 is 0 Å². The third-order valence-corrected chi connectivity index (χ3v) is 2.70. The van der Waals surface area contributed by atoms with Crippen molar-refractivity contribution in [2.75, 3.05) is 19.0 Å². The van der Waals surface area contributed by atoms with Gasteiger partial charge in [0.1, 0.15) is 5.82 Å². The van der Waals surface area contributed by atoms with Gasteiger partial charge in [0, 0.05) is 31.4 Å². The number of hydrogen-bond acceptors (Lipinski definition) is 4. The fraction of sp³-hybridized carbons (Fsp3) is 0.286. The van der Waals surface area contributed by atoms with Crippen molar-refractivity contribution in [2.45, 2.75) is 13.0 Å². The molecule has 4 heteroatoms. The third-order valence-electron chi connectivity index (χ3n) is 2.70. The molecule has 0 radical (unpaired) electrons. The Hall–Kier alpha value is -1.94. The van der Waals surface area contributed by atoms with Crippen molar-refractivity contribution in [3.63, 3.8) is 0 Å². The minimum atomic E-state index is -0.577. The molecule has 2 aromatic rings. The zero-order chi connectivity index (χ0) is 13.1. The molecule has 0 fully saturated rings. The largest absolute Gasteiger partial charge is 0.389 e. The van der Waals surface area contributed by atoms with E-state index < -0.39 is 6.10 Å². The first-order chi connectivity index (χ1) is 8.59. The summed E-state index contributed by atoms with van der Waals surface area (Å²) in [6, 6.07) is 9.81. The molecule has 1 aromatic heterocycles. The molecule has 1 aromatic carbocycles. The maximum atomic E-state index is 9.71. The van der Waals surface area contributed by atoms with Gasteiger partial charge in [-0.1, -0.05) is 30.3 Å². The smallest absolute Gasteiger partial charge is 0.161 e. The lowest BCUT2D eigenvalue weighted by Crippen LogP contribution is -2.15. The van der Waals surface area contributed by atoms with Crippen LogP contribution in [0.3, 0.4) is 0 Å². The first-order valence-corrected chi connectivity index (χ1v) is 5.87. The Labute approximate surface area is 107 Å². The van der Waals surface area contributed by atoms with Gasteiger partial charge in [0.15, 0.2) is 5.82 Å². The third kappa shape index (κ3) is 2.49. The molecule has 94 valence electrons. The molecule has 0 saturated carbocycles. The molecular weight excluding hydrogens is 226 g/mol. The van der Waals surface area contributed by atoms with Gasteiger partial charge >= 0.3 is 0 Å². The van der Waals surface area contributed by atoms with Gasteiger partial charge in [0.05, 0.1) is 6.10 Å². The molecule has 0 unspecified atom stereocenters. The number of anilines is 1. The molecule has 1 atom stereocenters. The average Bonchev–Trinajstić information content (AvgIpc) is 2.39. The molecule has 0 aliphatic heterocycles. The van der Waals surface area contributed by atoms with E-state index in [1.165, 1.54) is 0 Å². The van der Waals surface area contributed by atoms with Crippen LogP contribution >= 0.6 is 0 Å². The van der Waals surface area contributed by atoms with Crippen LogP contribution in [-0.2, 0) is 0 Å². The summed E-state index contributed by atoms with van der Waals surface area (Å²) < 4.78 is 0. The Morgan fingerprint density at radius 1 is 1.17 bits per heavy atom. The lowest BCUT2D eigenvalue weighted by molar-refractivity contribution is 0.199. The highest BCUT2D eigenvalue weighted by molar-refractivity contribution is 5.58. The summed E-state index contributed by atoms with van der Waals surface area (Å²) in [6.45, 7) is 1.72. The summed E-state index contributed by atoms with van der Waals surface area (Å²) in [5.41, 5.74) is 1.71. The predicted octanol–water partition coefficient (Wildman–Crippen LogP) is 2.26. The Morgan fingerprint density at radius 2 is 1.83 bits per heavy atom. The summed E-state index contributed by atoms with van der Waals surface area (Å²) in [4.78, 5) is 10.7. The van der Waals surface area contributed by atoms with Crippen LogP contribution in [0.4, 0.5) is 5.82 Å². The summed E-state index contributed by atoms with van der Waals surface area (Å²) in [7, 11) is 3.81. The van der Waals surface area contributed by atoms with Crippen LogP contribution in [0.15, 0.2) is 36.5 Å². The molecule has 0 saturated heterocycles. The van der Waals surface area contributed by atoms with Gasteiger partial charge in [-0.25, -0.2) is 9.97 Å². The van der Waals surface area contributed by atoms with Crippen LogP contribution in [0.2, 0.25) is 0 Å². The van der Waals surface area contributed by atoms with Gasteiger partial charge in [-0.3, -0.25) is 0 Å². The first kappa shape index (κ1) is 12.5. The maximum absolute atomic E-state index is 9.71. The van der Waals surface area contributed by atoms with E-state index in [4.69, 9.17) is 0 Å². The van der Waals surface area contributed by atoms with Gasteiger partial charge in [-0.2, -0.15) is 0 Å². The highest BCUT2D eigenvalue weighted by Crippen LogP contribution is 2.25. The normalized spacial score (nSPS) is 12.2. The number of benzene rings is 1. The summed E-state index contributed by atoms with van der Waals surface area (Å²) in [5, 5.41) is 9.71. The second-order valence-corrected chi connectivity index (χ2v) is 4.41. The monoisotopic (exact) mass is 243 g/mol. The predicted molar refractivity (Wildman–Crippen MR) is 72.4 cm³/mol. The molecule has 0 amide bonds. The molecule has 4 nitrogen and oxygen atoms in total. The lowest BCUT2D eigenvalue weighted by Gasteiger charge is -2.18. The van der Waals surface area contributed by atoms with Gasteiger partial charge in [-0.15, -0.1) is 0 Å². The SMILES string of the molecule is C[C@H](O)c1cnc(-c2ccccc2)nc1N(C)C. The van der Waals surface area contributed by atoms with Gasteiger partial charge in [-0.05, 0) is 6.92 Å². The van der Waals surface area contributed by atoms with Gasteiger partial charge in [0.25, 0.3) is 0 Å². The number of nitrogens with zero attached hydrogens (tertiary/aromatic N) is 3. The lowest BCUT2D eigenvalue weighted by atomic mass is 10.1. The maximum Gasteiger partial charge on any atom is 0.161 e. The zero-order valence-corrected chi connectivity index (χ0v) is 10.8. The Morgan fingerprint density at radius 3 is 2.39 bits per heavy atom. The highest BCUT2D eigenvalue weighted by Gasteiger charge is 2.13. The topological polar surface area (TPSA) is 49.3 Å². The highest BCUT2D eigenvalue weighted by atomic mass is 16.3. The summed E-state index contributed by atoms with van der Waals surface area (Å²) in [5.74, 6) is 1.42. The quantitative estimate of drug-likeness (QED) is 0.898. The van der Waals surface area contributed by atoms with Gasteiger partial charge in [0.2, 0.25) is 0 Å². The number of rotatable bonds is 3. The second kappa shape index (κ2) is 5.14. The Bertz CT molecular complexity index is 524. The number of hydrogen-bond donors (Lipinski definition) is 1. The van der Waals surface area contributed by atoms with Crippen molar-refractivity contribution in [1.82, 2.24) is 9.97 Å². The fourth-order valence-corrected chi connectivity index (χ4v) is 1.76. The first-order valence-electron chi connectivity index (χ1n) is 5.87. The van der Waals surface area contributed by atoms with E-state index in [0.717, 1.165) is 16.9 Å². The van der Waals surface area contributed by atoms with Crippen molar-refractivity contribution >= 4 is 5.82 Å². The average molecular weight is 243 g/mol. The van der Waals surface area contributed by atoms with Crippen LogP contribution in [0.25, 0.3) is 11.4 Å². The van der Waals surface area contributed by atoms with Crippen LogP contribution in [0.5, 0.6) is 0 Å². The second-order valence-electron chi connectivity index (χ2n) is 4.41. The minimum absolute atomic E-state index is 0.577. The molecule has 1 heterocycles. The van der Waals surface area contributed by atoms with E-state index in [-0.39, 0.29) is 0 Å².